The van der Waals surface area contributed by atoms with Crippen LogP contribution in [0.5, 0.6) is 0 Å². The molecule has 3 heteroatoms. The average Bonchev–Trinajstić information content (AvgIpc) is 3.34. The molecule has 0 radical (unpaired) electrons. The standard InChI is InChI=1S/C39H56O3/c1-26(2)28-17-22-39(25-42-33(41)16-13-27-11-9-8-10-12-27)24-23-37(6)29(34(28)39)14-15-31-36(5)20-19-32(40)35(3,4)30(36)18-21-38(31,37)7/h8-13,16,28-32,34,40H,1,14-15,17-25H2,2-7H3/t28-,29-,30-,31-,32+,34+,36+,37+,38-,39-/m1/s1. The quantitative estimate of drug-likeness (QED) is 0.217. The number of fused-ring (bicyclic) bond motifs is 7. The number of carbonyl (C=O) groups is 1. The molecule has 6 rings (SSSR count). The Labute approximate surface area is 255 Å². The Morgan fingerprint density at radius 2 is 1.64 bits per heavy atom. The van der Waals surface area contributed by atoms with Gasteiger partial charge in [-0.05, 0) is 134 Å². The molecule has 10 atom stereocenters. The van der Waals surface area contributed by atoms with E-state index in [0.29, 0.717) is 47.0 Å². The van der Waals surface area contributed by atoms with E-state index >= 15 is 0 Å². The number of aliphatic hydroxyl groups excluding tert-OH is 1. The largest absolute Gasteiger partial charge is 0.462 e. The average molecular weight is 573 g/mol. The van der Waals surface area contributed by atoms with E-state index < -0.39 is 0 Å². The van der Waals surface area contributed by atoms with Crippen molar-refractivity contribution in [3.63, 3.8) is 0 Å². The van der Waals surface area contributed by atoms with Crippen LogP contribution in [0.15, 0.2) is 48.6 Å². The number of rotatable bonds is 5. The predicted octanol–water partition coefficient (Wildman–Crippen LogP) is 9.26. The molecule has 1 N–H and O–H groups in total. The van der Waals surface area contributed by atoms with Crippen LogP contribution in [0, 0.1) is 56.7 Å². The van der Waals surface area contributed by atoms with Crippen LogP contribution in [0.1, 0.15) is 111 Å². The van der Waals surface area contributed by atoms with E-state index in [-0.39, 0.29) is 28.3 Å². The van der Waals surface area contributed by atoms with Crippen molar-refractivity contribution in [2.45, 2.75) is 112 Å². The van der Waals surface area contributed by atoms with E-state index in [2.05, 4.69) is 48.1 Å². The monoisotopic (exact) mass is 572 g/mol. The third kappa shape index (κ3) is 4.33. The molecule has 0 aromatic heterocycles. The van der Waals surface area contributed by atoms with Gasteiger partial charge in [0.25, 0.3) is 0 Å². The first-order chi connectivity index (χ1) is 19.8. The van der Waals surface area contributed by atoms with Gasteiger partial charge in [0.1, 0.15) is 0 Å². The highest BCUT2D eigenvalue weighted by atomic mass is 16.5. The van der Waals surface area contributed by atoms with Gasteiger partial charge < -0.3 is 9.84 Å². The molecule has 0 spiro atoms. The summed E-state index contributed by atoms with van der Waals surface area (Å²) in [5.41, 5.74) is 3.26. The van der Waals surface area contributed by atoms with Crippen molar-refractivity contribution < 1.29 is 14.6 Å². The van der Waals surface area contributed by atoms with Crippen molar-refractivity contribution in [3.8, 4) is 0 Å². The van der Waals surface area contributed by atoms with E-state index in [1.807, 2.05) is 36.4 Å². The summed E-state index contributed by atoms with van der Waals surface area (Å²) in [5, 5.41) is 11.0. The van der Waals surface area contributed by atoms with Crippen molar-refractivity contribution in [1.29, 1.82) is 0 Å². The van der Waals surface area contributed by atoms with Crippen molar-refractivity contribution >= 4 is 12.0 Å². The molecule has 1 aromatic rings. The lowest BCUT2D eigenvalue weighted by Gasteiger charge is -2.73. The second-order valence-electron chi connectivity index (χ2n) is 16.8. The van der Waals surface area contributed by atoms with E-state index in [1.165, 1.54) is 44.1 Å². The highest BCUT2D eigenvalue weighted by Gasteiger charge is 2.70. The molecule has 3 nitrogen and oxygen atoms in total. The molecule has 0 heterocycles. The normalized spacial score (nSPS) is 45.8. The maximum absolute atomic E-state index is 12.9. The summed E-state index contributed by atoms with van der Waals surface area (Å²) in [6.07, 6.45) is 15.2. The first-order valence-electron chi connectivity index (χ1n) is 17.0. The van der Waals surface area contributed by atoms with Gasteiger partial charge in [-0.25, -0.2) is 4.79 Å². The van der Waals surface area contributed by atoms with Crippen LogP contribution in [0.3, 0.4) is 0 Å². The minimum absolute atomic E-state index is 0.0108. The number of aliphatic hydroxyl groups is 1. The predicted molar refractivity (Wildman–Crippen MR) is 171 cm³/mol. The molecule has 0 amide bonds. The van der Waals surface area contributed by atoms with Crippen LogP contribution in [-0.2, 0) is 9.53 Å². The summed E-state index contributed by atoms with van der Waals surface area (Å²) in [7, 11) is 0. The summed E-state index contributed by atoms with van der Waals surface area (Å²) >= 11 is 0. The third-order valence-electron chi connectivity index (χ3n) is 14.9. The molecule has 0 saturated heterocycles. The molecule has 0 bridgehead atoms. The lowest BCUT2D eigenvalue weighted by molar-refractivity contribution is -0.249. The SMILES string of the molecule is C=C(C)[C@H]1CC[C@]2(COC(=O)C=Cc3ccccc3)CC[C@@]3(C)[C@H](CC[C@@H]4[C@@]5(C)CC[C@H](O)C(C)(C)[C@H]5CC[C@]43C)[C@H]12. The Balaban J connectivity index is 1.27. The van der Waals surface area contributed by atoms with Crippen LogP contribution in [-0.4, -0.2) is 23.8 Å². The van der Waals surface area contributed by atoms with Gasteiger partial charge in [-0.1, -0.05) is 77.1 Å². The minimum atomic E-state index is -0.219. The minimum Gasteiger partial charge on any atom is -0.462 e. The molecule has 5 saturated carbocycles. The van der Waals surface area contributed by atoms with Crippen molar-refractivity contribution in [3.05, 3.63) is 54.1 Å². The number of ether oxygens (including phenoxy) is 1. The summed E-state index contributed by atoms with van der Waals surface area (Å²) in [6.45, 7) is 20.0. The molecular formula is C39H56O3. The van der Waals surface area contributed by atoms with Gasteiger partial charge in [-0.15, -0.1) is 0 Å². The molecule has 5 aliphatic rings. The Hall–Kier alpha value is -1.87. The summed E-state index contributed by atoms with van der Waals surface area (Å²) < 4.78 is 6.12. The Kier molecular flexibility index (Phi) is 7.44. The molecular weight excluding hydrogens is 516 g/mol. The second kappa shape index (κ2) is 10.4. The lowest BCUT2D eigenvalue weighted by atomic mass is 9.32. The Bertz CT molecular complexity index is 1230. The van der Waals surface area contributed by atoms with Crippen LogP contribution in [0.25, 0.3) is 6.08 Å². The Morgan fingerprint density at radius 1 is 0.905 bits per heavy atom. The van der Waals surface area contributed by atoms with E-state index in [1.54, 1.807) is 6.08 Å². The fraction of sp³-hybridized carbons (Fsp3) is 0.718. The molecule has 5 fully saturated rings. The van der Waals surface area contributed by atoms with Crippen LogP contribution in [0.2, 0.25) is 0 Å². The first kappa shape index (κ1) is 30.2. The summed E-state index contributed by atoms with van der Waals surface area (Å²) in [5.74, 6) is 2.76. The first-order valence-corrected chi connectivity index (χ1v) is 17.0. The third-order valence-corrected chi connectivity index (χ3v) is 14.9. The zero-order chi connectivity index (χ0) is 30.1. The van der Waals surface area contributed by atoms with Crippen LogP contribution >= 0.6 is 0 Å². The number of benzene rings is 1. The van der Waals surface area contributed by atoms with Gasteiger partial charge in [0, 0.05) is 11.5 Å². The maximum atomic E-state index is 12.9. The zero-order valence-corrected chi connectivity index (χ0v) is 27.3. The number of esters is 1. The molecule has 1 aromatic carbocycles. The highest BCUT2D eigenvalue weighted by molar-refractivity contribution is 5.87. The topological polar surface area (TPSA) is 46.5 Å². The lowest BCUT2D eigenvalue weighted by Crippen LogP contribution is -2.66. The van der Waals surface area contributed by atoms with E-state index in [4.69, 9.17) is 4.74 Å². The van der Waals surface area contributed by atoms with Gasteiger partial charge in [0.15, 0.2) is 0 Å². The molecule has 42 heavy (non-hydrogen) atoms. The maximum Gasteiger partial charge on any atom is 0.330 e. The van der Waals surface area contributed by atoms with E-state index in [0.717, 1.165) is 31.2 Å². The van der Waals surface area contributed by atoms with Crippen LogP contribution in [0.4, 0.5) is 0 Å². The van der Waals surface area contributed by atoms with Gasteiger partial charge in [-0.2, -0.15) is 0 Å². The fourth-order valence-corrected chi connectivity index (χ4v) is 12.5. The van der Waals surface area contributed by atoms with Crippen molar-refractivity contribution in [1.82, 2.24) is 0 Å². The molecule has 0 unspecified atom stereocenters. The molecule has 0 aliphatic heterocycles. The number of carbonyl (C=O) groups excluding carboxylic acids is 1. The molecule has 230 valence electrons. The fourth-order valence-electron chi connectivity index (χ4n) is 12.5. The highest BCUT2D eigenvalue weighted by Crippen LogP contribution is 2.77. The molecule has 5 aliphatic carbocycles. The second-order valence-corrected chi connectivity index (χ2v) is 16.8. The summed E-state index contributed by atoms with van der Waals surface area (Å²) in [4.78, 5) is 12.9. The van der Waals surface area contributed by atoms with E-state index in [9.17, 15) is 9.90 Å². The Morgan fingerprint density at radius 3 is 2.36 bits per heavy atom. The smallest absolute Gasteiger partial charge is 0.330 e. The number of hydrogen-bond acceptors (Lipinski definition) is 3. The van der Waals surface area contributed by atoms with Gasteiger partial charge >= 0.3 is 5.97 Å². The van der Waals surface area contributed by atoms with Gasteiger partial charge in [0.2, 0.25) is 0 Å². The van der Waals surface area contributed by atoms with Crippen molar-refractivity contribution in [2.24, 2.45) is 56.7 Å². The van der Waals surface area contributed by atoms with Crippen LogP contribution < -0.4 is 0 Å². The summed E-state index contributed by atoms with van der Waals surface area (Å²) in [6, 6.07) is 9.99. The number of allylic oxidation sites excluding steroid dienone is 1. The van der Waals surface area contributed by atoms with Gasteiger partial charge in [0.05, 0.1) is 12.7 Å². The zero-order valence-electron chi connectivity index (χ0n) is 27.3. The van der Waals surface area contributed by atoms with Crippen molar-refractivity contribution in [2.75, 3.05) is 6.61 Å². The number of hydrogen-bond donors (Lipinski definition) is 1. The van der Waals surface area contributed by atoms with Gasteiger partial charge in [-0.3, -0.25) is 0 Å².